The number of thiazole rings is 1. The van der Waals surface area contributed by atoms with Crippen LogP contribution in [0.3, 0.4) is 0 Å². The number of carbonyl (C=O) groups excluding carboxylic acids is 2. The summed E-state index contributed by atoms with van der Waals surface area (Å²) >= 11 is 2.85. The molecule has 0 aliphatic heterocycles. The summed E-state index contributed by atoms with van der Waals surface area (Å²) < 4.78 is 0. The molecule has 0 unspecified atom stereocenters. The van der Waals surface area contributed by atoms with E-state index < -0.39 is 0 Å². The highest BCUT2D eigenvalue weighted by Crippen LogP contribution is 2.28. The fourth-order valence-corrected chi connectivity index (χ4v) is 4.39. The number of anilines is 2. The zero-order chi connectivity index (χ0) is 20.9. The number of carbonyl (C=O) groups is 2. The predicted octanol–water partition coefficient (Wildman–Crippen LogP) is 5.65. The van der Waals surface area contributed by atoms with Crippen molar-refractivity contribution in [3.63, 3.8) is 0 Å². The molecular formula is C23H19N3O2S2. The van der Waals surface area contributed by atoms with Gasteiger partial charge < -0.3 is 10.6 Å². The third kappa shape index (κ3) is 5.06. The number of fused-ring (bicyclic) bond motifs is 1. The molecule has 0 bridgehead atoms. The maximum atomic E-state index is 12.3. The van der Waals surface area contributed by atoms with Crippen molar-refractivity contribution in [2.24, 2.45) is 0 Å². The van der Waals surface area contributed by atoms with E-state index in [-0.39, 0.29) is 17.6 Å². The van der Waals surface area contributed by atoms with Gasteiger partial charge in [0, 0.05) is 28.5 Å². The summed E-state index contributed by atoms with van der Waals surface area (Å²) in [6.07, 6.45) is 0. The van der Waals surface area contributed by atoms with Crippen molar-refractivity contribution >= 4 is 56.5 Å². The Morgan fingerprint density at radius 3 is 2.50 bits per heavy atom. The van der Waals surface area contributed by atoms with Crippen LogP contribution >= 0.6 is 23.1 Å². The van der Waals surface area contributed by atoms with Gasteiger partial charge in [-0.1, -0.05) is 36.4 Å². The maximum absolute atomic E-state index is 12.3. The number of hydrogen-bond acceptors (Lipinski definition) is 5. The molecule has 0 aliphatic rings. The monoisotopic (exact) mass is 433 g/mol. The molecule has 0 aliphatic carbocycles. The lowest BCUT2D eigenvalue weighted by molar-refractivity contribution is -0.114. The van der Waals surface area contributed by atoms with Gasteiger partial charge in [-0.3, -0.25) is 9.59 Å². The van der Waals surface area contributed by atoms with Crippen LogP contribution in [0.1, 0.15) is 6.92 Å². The maximum Gasteiger partial charge on any atom is 0.236 e. The van der Waals surface area contributed by atoms with Gasteiger partial charge in [0.05, 0.1) is 11.4 Å². The highest BCUT2D eigenvalue weighted by molar-refractivity contribution is 8.00. The van der Waals surface area contributed by atoms with Crippen LogP contribution in [0.25, 0.3) is 22.0 Å². The molecular weight excluding hydrogens is 414 g/mol. The number of amides is 2. The molecule has 1 aromatic heterocycles. The lowest BCUT2D eigenvalue weighted by Gasteiger charge is -2.05. The Morgan fingerprint density at radius 1 is 0.967 bits per heavy atom. The molecule has 2 amide bonds. The average molecular weight is 434 g/mol. The van der Waals surface area contributed by atoms with Gasteiger partial charge in [0.2, 0.25) is 11.8 Å². The SMILES string of the molecule is CC(=O)Nc1ccc(SCC(=O)Nc2nc(-c3ccc4ccccc4c3)cs2)cc1. The van der Waals surface area contributed by atoms with Gasteiger partial charge in [-0.2, -0.15) is 0 Å². The fourth-order valence-electron chi connectivity index (χ4n) is 2.95. The van der Waals surface area contributed by atoms with Gasteiger partial charge in [-0.25, -0.2) is 4.98 Å². The van der Waals surface area contributed by atoms with E-state index in [1.807, 2.05) is 47.8 Å². The number of aromatic nitrogens is 1. The normalized spacial score (nSPS) is 10.7. The molecule has 150 valence electrons. The Hall–Kier alpha value is -3.16. The largest absolute Gasteiger partial charge is 0.326 e. The van der Waals surface area contributed by atoms with Gasteiger partial charge in [-0.15, -0.1) is 23.1 Å². The lowest BCUT2D eigenvalue weighted by Crippen LogP contribution is -2.13. The molecule has 0 saturated carbocycles. The standard InChI is InChI=1S/C23H19N3O2S2/c1-15(27)24-19-8-10-20(11-9-19)29-14-22(28)26-23-25-21(13-30-23)18-7-6-16-4-2-3-5-17(16)12-18/h2-13H,14H2,1H3,(H,24,27)(H,25,26,28). The minimum Gasteiger partial charge on any atom is -0.326 e. The highest BCUT2D eigenvalue weighted by atomic mass is 32.2. The van der Waals surface area contributed by atoms with Gasteiger partial charge >= 0.3 is 0 Å². The van der Waals surface area contributed by atoms with Gasteiger partial charge in [0.1, 0.15) is 0 Å². The van der Waals surface area contributed by atoms with Crippen LogP contribution < -0.4 is 10.6 Å². The topological polar surface area (TPSA) is 71.1 Å². The number of thioether (sulfide) groups is 1. The smallest absolute Gasteiger partial charge is 0.236 e. The highest BCUT2D eigenvalue weighted by Gasteiger charge is 2.09. The molecule has 4 rings (SSSR count). The first-order chi connectivity index (χ1) is 14.6. The Kier molecular flexibility index (Phi) is 6.11. The molecule has 0 fully saturated rings. The number of nitrogens with zero attached hydrogens (tertiary/aromatic N) is 1. The van der Waals surface area contributed by atoms with E-state index in [0.717, 1.165) is 27.2 Å². The Morgan fingerprint density at radius 2 is 1.73 bits per heavy atom. The van der Waals surface area contributed by atoms with Crippen LogP contribution in [0.5, 0.6) is 0 Å². The summed E-state index contributed by atoms with van der Waals surface area (Å²) in [7, 11) is 0. The van der Waals surface area contributed by atoms with Crippen LogP contribution in [-0.2, 0) is 9.59 Å². The molecule has 7 heteroatoms. The molecule has 5 nitrogen and oxygen atoms in total. The third-order valence-electron chi connectivity index (χ3n) is 4.34. The molecule has 0 spiro atoms. The first-order valence-corrected chi connectivity index (χ1v) is 11.2. The predicted molar refractivity (Wildman–Crippen MR) is 125 cm³/mol. The Labute approximate surface area is 182 Å². The second kappa shape index (κ2) is 9.11. The minimum atomic E-state index is -0.110. The third-order valence-corrected chi connectivity index (χ3v) is 6.11. The molecule has 2 N–H and O–H groups in total. The van der Waals surface area contributed by atoms with Gasteiger partial charge in [-0.05, 0) is 41.1 Å². The van der Waals surface area contributed by atoms with Crippen LogP contribution in [0.4, 0.5) is 10.8 Å². The van der Waals surface area contributed by atoms with Crippen molar-refractivity contribution < 1.29 is 9.59 Å². The van der Waals surface area contributed by atoms with Crippen molar-refractivity contribution in [3.8, 4) is 11.3 Å². The first kappa shape index (κ1) is 20.1. The summed E-state index contributed by atoms with van der Waals surface area (Å²) in [6.45, 7) is 1.47. The minimum absolute atomic E-state index is 0.106. The van der Waals surface area contributed by atoms with E-state index in [1.54, 1.807) is 0 Å². The zero-order valence-electron chi connectivity index (χ0n) is 16.2. The zero-order valence-corrected chi connectivity index (χ0v) is 17.8. The molecule has 1 heterocycles. The summed E-state index contributed by atoms with van der Waals surface area (Å²) in [5.74, 6) is 0.0660. The fraction of sp³-hybridized carbons (Fsp3) is 0.0870. The van der Waals surface area contributed by atoms with Crippen LogP contribution in [0.2, 0.25) is 0 Å². The van der Waals surface area contributed by atoms with Crippen molar-refractivity contribution in [2.45, 2.75) is 11.8 Å². The van der Waals surface area contributed by atoms with Crippen LogP contribution in [-0.4, -0.2) is 22.6 Å². The van der Waals surface area contributed by atoms with E-state index in [9.17, 15) is 9.59 Å². The Bertz CT molecular complexity index is 1200. The molecule has 30 heavy (non-hydrogen) atoms. The molecule has 4 aromatic rings. The lowest BCUT2D eigenvalue weighted by atomic mass is 10.1. The Balaban J connectivity index is 1.35. The van der Waals surface area contributed by atoms with Gasteiger partial charge in [0.25, 0.3) is 0 Å². The van der Waals surface area contributed by atoms with Crippen molar-refractivity contribution in [2.75, 3.05) is 16.4 Å². The number of hydrogen-bond donors (Lipinski definition) is 2. The van der Waals surface area contributed by atoms with E-state index in [0.29, 0.717) is 5.13 Å². The van der Waals surface area contributed by atoms with Crippen LogP contribution in [0, 0.1) is 0 Å². The van der Waals surface area contributed by atoms with E-state index >= 15 is 0 Å². The average Bonchev–Trinajstić information content (AvgIpc) is 3.21. The first-order valence-electron chi connectivity index (χ1n) is 9.32. The summed E-state index contributed by atoms with van der Waals surface area (Å²) in [6, 6.07) is 21.8. The molecule has 0 atom stereocenters. The van der Waals surface area contributed by atoms with Crippen molar-refractivity contribution in [3.05, 3.63) is 72.1 Å². The molecule has 0 radical (unpaired) electrons. The van der Waals surface area contributed by atoms with Crippen LogP contribution in [0.15, 0.2) is 77.0 Å². The van der Waals surface area contributed by atoms with Crippen molar-refractivity contribution in [1.82, 2.24) is 4.98 Å². The van der Waals surface area contributed by atoms with E-state index in [2.05, 4.69) is 39.9 Å². The quantitative estimate of drug-likeness (QED) is 0.385. The van der Waals surface area contributed by atoms with Gasteiger partial charge in [0.15, 0.2) is 5.13 Å². The van der Waals surface area contributed by atoms with E-state index in [4.69, 9.17) is 0 Å². The molecule has 0 saturated heterocycles. The summed E-state index contributed by atoms with van der Waals surface area (Å²) in [5.41, 5.74) is 2.61. The molecule has 3 aromatic carbocycles. The van der Waals surface area contributed by atoms with E-state index in [1.165, 1.54) is 35.4 Å². The summed E-state index contributed by atoms with van der Waals surface area (Å²) in [4.78, 5) is 28.9. The number of nitrogens with one attached hydrogen (secondary N) is 2. The number of benzene rings is 3. The number of rotatable bonds is 6. The van der Waals surface area contributed by atoms with Crippen molar-refractivity contribution in [1.29, 1.82) is 0 Å². The summed E-state index contributed by atoms with van der Waals surface area (Å²) in [5, 5.41) is 10.5. The second-order valence-electron chi connectivity index (χ2n) is 6.64. The second-order valence-corrected chi connectivity index (χ2v) is 8.55.